The molecule has 0 aliphatic rings. The monoisotopic (exact) mass is 407 g/mol. The van der Waals surface area contributed by atoms with Gasteiger partial charge in [-0.2, -0.15) is 0 Å². The maximum atomic E-state index is 11.9. The van der Waals surface area contributed by atoms with Crippen LogP contribution in [0.1, 0.15) is 10.4 Å². The Labute approximate surface area is 172 Å². The molecule has 0 amide bonds. The van der Waals surface area contributed by atoms with Gasteiger partial charge in [0.1, 0.15) is 5.75 Å². The summed E-state index contributed by atoms with van der Waals surface area (Å²) in [7, 11) is 2.98. The van der Waals surface area contributed by atoms with E-state index in [0.29, 0.717) is 16.4 Å². The van der Waals surface area contributed by atoms with Gasteiger partial charge in [0.25, 0.3) is 0 Å². The zero-order valence-electron chi connectivity index (χ0n) is 15.8. The lowest BCUT2D eigenvalue weighted by Gasteiger charge is -2.06. The average Bonchev–Trinajstić information content (AvgIpc) is 3.10. The minimum atomic E-state index is -0.401. The van der Waals surface area contributed by atoms with Crippen LogP contribution in [-0.2, 0) is 4.74 Å². The molecule has 0 saturated carbocycles. The summed E-state index contributed by atoms with van der Waals surface area (Å²) in [5.74, 6) is 0.960. The Morgan fingerprint density at radius 1 is 1.03 bits per heavy atom. The second-order valence-corrected chi connectivity index (χ2v) is 6.76. The zero-order valence-corrected chi connectivity index (χ0v) is 16.6. The minimum absolute atomic E-state index is 0.401. The Kier molecular flexibility index (Phi) is 5.10. The van der Waals surface area contributed by atoms with Crippen LogP contribution in [-0.4, -0.2) is 30.0 Å². The molecule has 0 bridgehead atoms. The van der Waals surface area contributed by atoms with Crippen LogP contribution in [0.3, 0.4) is 0 Å². The van der Waals surface area contributed by atoms with Crippen molar-refractivity contribution in [2.45, 2.75) is 0 Å². The summed E-state index contributed by atoms with van der Waals surface area (Å²) in [6.45, 7) is 0. The van der Waals surface area contributed by atoms with Gasteiger partial charge in [0.15, 0.2) is 5.82 Å². The number of aromatic nitrogens is 2. The Morgan fingerprint density at radius 2 is 1.86 bits per heavy atom. The third kappa shape index (κ3) is 3.75. The molecular weight excluding hydrogens is 390 g/mol. The summed E-state index contributed by atoms with van der Waals surface area (Å²) in [5, 5.41) is 9.55. The van der Waals surface area contributed by atoms with Crippen LogP contribution in [0, 0.1) is 0 Å². The van der Waals surface area contributed by atoms with Crippen molar-refractivity contribution in [2.24, 2.45) is 0 Å². The molecular formula is C22H18ClN3O3. The number of nitrogens with one attached hydrogen (secondary N) is 1. The van der Waals surface area contributed by atoms with Gasteiger partial charge in [-0.1, -0.05) is 23.7 Å². The molecule has 0 saturated heterocycles. The van der Waals surface area contributed by atoms with Crippen molar-refractivity contribution in [1.82, 2.24) is 9.78 Å². The smallest absolute Gasteiger partial charge is 0.337 e. The highest BCUT2D eigenvalue weighted by Gasteiger charge is 2.15. The van der Waals surface area contributed by atoms with E-state index in [2.05, 4.69) is 5.32 Å². The summed E-state index contributed by atoms with van der Waals surface area (Å²) in [5.41, 5.74) is 2.86. The number of benzene rings is 3. The Bertz CT molecular complexity index is 1200. The summed E-state index contributed by atoms with van der Waals surface area (Å²) in [6.07, 6.45) is 0. The van der Waals surface area contributed by atoms with Gasteiger partial charge in [0.2, 0.25) is 0 Å². The van der Waals surface area contributed by atoms with Gasteiger partial charge in [-0.25, -0.2) is 9.48 Å². The normalized spacial score (nSPS) is 10.7. The molecule has 0 aliphatic carbocycles. The maximum absolute atomic E-state index is 11.9. The number of carbonyl (C=O) groups is 1. The first-order chi connectivity index (χ1) is 14.1. The van der Waals surface area contributed by atoms with Gasteiger partial charge in [-0.15, -0.1) is 5.10 Å². The number of halogens is 1. The fourth-order valence-electron chi connectivity index (χ4n) is 3.10. The second kappa shape index (κ2) is 7.85. The first-order valence-electron chi connectivity index (χ1n) is 8.87. The van der Waals surface area contributed by atoms with E-state index in [1.165, 1.54) is 7.11 Å². The van der Waals surface area contributed by atoms with E-state index in [1.807, 2.05) is 48.5 Å². The molecule has 0 fully saturated rings. The van der Waals surface area contributed by atoms with Gasteiger partial charge in [0, 0.05) is 16.1 Å². The highest BCUT2D eigenvalue weighted by Crippen LogP contribution is 2.32. The first kappa shape index (κ1) is 18.8. The molecule has 29 heavy (non-hydrogen) atoms. The largest absolute Gasteiger partial charge is 0.497 e. The van der Waals surface area contributed by atoms with E-state index in [9.17, 15) is 4.79 Å². The van der Waals surface area contributed by atoms with E-state index in [1.54, 1.807) is 30.0 Å². The number of carbonyl (C=O) groups excluding carboxylic acids is 1. The van der Waals surface area contributed by atoms with Crippen LogP contribution in [0.25, 0.3) is 16.6 Å². The first-order valence-corrected chi connectivity index (χ1v) is 9.25. The van der Waals surface area contributed by atoms with Crippen LogP contribution in [0.5, 0.6) is 5.75 Å². The SMILES string of the molecule is COC(=O)c1cccc(-n2nc(Nc3cccc(Cl)c3)c3cc(OC)ccc32)c1. The standard InChI is InChI=1S/C22H18ClN3O3/c1-28-18-9-10-20-19(13-18)21(24-16-7-4-6-15(23)12-16)25-26(20)17-8-3-5-14(11-17)22(27)29-2/h3-13H,1-2H3,(H,24,25). The fourth-order valence-corrected chi connectivity index (χ4v) is 3.29. The van der Waals surface area contributed by atoms with Crippen molar-refractivity contribution in [3.63, 3.8) is 0 Å². The maximum Gasteiger partial charge on any atom is 0.337 e. The van der Waals surface area contributed by atoms with Crippen molar-refractivity contribution in [1.29, 1.82) is 0 Å². The lowest BCUT2D eigenvalue weighted by Crippen LogP contribution is -2.04. The zero-order chi connectivity index (χ0) is 20.4. The van der Waals surface area contributed by atoms with E-state index < -0.39 is 5.97 Å². The molecule has 4 aromatic rings. The van der Waals surface area contributed by atoms with Crippen LogP contribution >= 0.6 is 11.6 Å². The highest BCUT2D eigenvalue weighted by atomic mass is 35.5. The number of fused-ring (bicyclic) bond motifs is 1. The van der Waals surface area contributed by atoms with Crippen molar-refractivity contribution in [2.75, 3.05) is 19.5 Å². The molecule has 0 radical (unpaired) electrons. The van der Waals surface area contributed by atoms with Gasteiger partial charge in [-0.05, 0) is 54.6 Å². The quantitative estimate of drug-likeness (QED) is 0.459. The molecule has 1 N–H and O–H groups in total. The molecule has 4 rings (SSSR count). The van der Waals surface area contributed by atoms with E-state index in [4.69, 9.17) is 26.2 Å². The number of esters is 1. The lowest BCUT2D eigenvalue weighted by atomic mass is 10.2. The van der Waals surface area contributed by atoms with Crippen molar-refractivity contribution < 1.29 is 14.3 Å². The molecule has 146 valence electrons. The fraction of sp³-hybridized carbons (Fsp3) is 0.0909. The number of anilines is 2. The molecule has 0 atom stereocenters. The van der Waals surface area contributed by atoms with E-state index >= 15 is 0 Å². The molecule has 0 aliphatic heterocycles. The number of rotatable bonds is 5. The molecule has 6 nitrogen and oxygen atoms in total. The predicted molar refractivity (Wildman–Crippen MR) is 114 cm³/mol. The van der Waals surface area contributed by atoms with E-state index in [-0.39, 0.29) is 0 Å². The molecule has 1 heterocycles. The van der Waals surface area contributed by atoms with Crippen molar-refractivity contribution in [3.05, 3.63) is 77.3 Å². The topological polar surface area (TPSA) is 65.4 Å². The van der Waals surface area contributed by atoms with Crippen molar-refractivity contribution in [3.8, 4) is 11.4 Å². The summed E-state index contributed by atoms with van der Waals surface area (Å²) < 4.78 is 12.0. The number of nitrogens with zero attached hydrogens (tertiary/aromatic N) is 2. The summed E-state index contributed by atoms with van der Waals surface area (Å²) in [4.78, 5) is 11.9. The second-order valence-electron chi connectivity index (χ2n) is 6.32. The molecule has 1 aromatic heterocycles. The third-order valence-electron chi connectivity index (χ3n) is 4.49. The summed E-state index contributed by atoms with van der Waals surface area (Å²) >= 11 is 6.11. The van der Waals surface area contributed by atoms with E-state index in [0.717, 1.165) is 28.0 Å². The van der Waals surface area contributed by atoms with Crippen LogP contribution in [0.2, 0.25) is 5.02 Å². The number of methoxy groups -OCH3 is 2. The van der Waals surface area contributed by atoms with Gasteiger partial charge < -0.3 is 14.8 Å². The minimum Gasteiger partial charge on any atom is -0.497 e. The average molecular weight is 408 g/mol. The highest BCUT2D eigenvalue weighted by molar-refractivity contribution is 6.30. The molecule has 0 unspecified atom stereocenters. The molecule has 0 spiro atoms. The lowest BCUT2D eigenvalue weighted by molar-refractivity contribution is 0.0600. The van der Waals surface area contributed by atoms with Gasteiger partial charge >= 0.3 is 5.97 Å². The van der Waals surface area contributed by atoms with Gasteiger partial charge in [0.05, 0.1) is 31.0 Å². The Hall–Kier alpha value is -3.51. The van der Waals surface area contributed by atoms with Crippen LogP contribution in [0.4, 0.5) is 11.5 Å². The third-order valence-corrected chi connectivity index (χ3v) is 4.72. The van der Waals surface area contributed by atoms with Crippen molar-refractivity contribution >= 4 is 40.0 Å². The summed E-state index contributed by atoms with van der Waals surface area (Å²) in [6, 6.07) is 20.2. The molecule has 7 heteroatoms. The number of hydrogen-bond donors (Lipinski definition) is 1. The van der Waals surface area contributed by atoms with Crippen LogP contribution < -0.4 is 10.1 Å². The number of ether oxygens (including phenoxy) is 2. The number of hydrogen-bond acceptors (Lipinski definition) is 5. The van der Waals surface area contributed by atoms with Gasteiger partial charge in [-0.3, -0.25) is 0 Å². The molecule has 3 aromatic carbocycles. The Morgan fingerprint density at radius 3 is 2.62 bits per heavy atom. The predicted octanol–water partition coefficient (Wildman–Crippen LogP) is 5.22. The Balaban J connectivity index is 1.86. The van der Waals surface area contributed by atoms with Crippen LogP contribution in [0.15, 0.2) is 66.7 Å².